The molecule has 1 aromatic carbocycles. The van der Waals surface area contributed by atoms with E-state index in [1.807, 2.05) is 0 Å². The Kier molecular flexibility index (Phi) is 6.78. The maximum atomic E-state index is 12.9. The first kappa shape index (κ1) is 23.0. The highest BCUT2D eigenvalue weighted by Gasteiger charge is 2.30. The molecule has 1 heterocycles. The lowest BCUT2D eigenvalue weighted by molar-refractivity contribution is 0.0526. The van der Waals surface area contributed by atoms with Gasteiger partial charge in [-0.05, 0) is 49.8 Å². The number of amides is 1. The molecule has 3 N–H and O–H groups in total. The minimum absolute atomic E-state index is 0.0440. The zero-order chi connectivity index (χ0) is 22.2. The molecule has 0 fully saturated rings. The molecule has 11 heteroatoms. The monoisotopic (exact) mass is 490 g/mol. The zero-order valence-corrected chi connectivity index (χ0v) is 19.4. The molecule has 2 aromatic rings. The van der Waals surface area contributed by atoms with Crippen molar-refractivity contribution < 1.29 is 22.7 Å². The molecule has 0 unspecified atom stereocenters. The molecule has 0 spiro atoms. The summed E-state index contributed by atoms with van der Waals surface area (Å²) in [6.07, 6.45) is 2.46. The molecule has 7 nitrogen and oxygen atoms in total. The van der Waals surface area contributed by atoms with Gasteiger partial charge in [-0.1, -0.05) is 30.1 Å². The number of rotatable bonds is 5. The summed E-state index contributed by atoms with van der Waals surface area (Å²) in [6.45, 7) is 4.04. The summed E-state index contributed by atoms with van der Waals surface area (Å²) in [5.74, 6) is -0.719. The fourth-order valence-corrected chi connectivity index (χ4v) is 6.15. The van der Waals surface area contributed by atoms with Crippen molar-refractivity contribution in [1.29, 1.82) is 0 Å². The summed E-state index contributed by atoms with van der Waals surface area (Å²) in [4.78, 5) is 26.1. The molecule has 0 saturated carbocycles. The molecule has 1 atom stereocenters. The summed E-state index contributed by atoms with van der Waals surface area (Å²) >= 11 is 13.3. The van der Waals surface area contributed by atoms with Gasteiger partial charge in [0.15, 0.2) is 0 Å². The third kappa shape index (κ3) is 4.65. The second-order valence-electron chi connectivity index (χ2n) is 7.04. The molecule has 3 rings (SSSR count). The highest BCUT2D eigenvalue weighted by Crippen LogP contribution is 2.40. The first-order valence-electron chi connectivity index (χ1n) is 9.17. The number of benzene rings is 1. The van der Waals surface area contributed by atoms with Crippen molar-refractivity contribution in [1.82, 2.24) is 0 Å². The van der Waals surface area contributed by atoms with Crippen LogP contribution >= 0.6 is 34.5 Å². The van der Waals surface area contributed by atoms with Gasteiger partial charge in [-0.25, -0.2) is 18.4 Å². The molecule has 162 valence electrons. The number of nitrogens with one attached hydrogen (secondary N) is 1. The molecule has 0 radical (unpaired) electrons. The van der Waals surface area contributed by atoms with Gasteiger partial charge in [-0.3, -0.25) is 4.79 Å². The number of hydrogen-bond acceptors (Lipinski definition) is 6. The Bertz CT molecular complexity index is 1130. The number of nitrogens with two attached hydrogens (primary N) is 1. The topological polar surface area (TPSA) is 116 Å². The molecule has 0 saturated heterocycles. The van der Waals surface area contributed by atoms with Gasteiger partial charge in [0.25, 0.3) is 5.91 Å². The van der Waals surface area contributed by atoms with Crippen LogP contribution in [0.15, 0.2) is 17.0 Å². The highest BCUT2D eigenvalue weighted by molar-refractivity contribution is 7.89. The van der Waals surface area contributed by atoms with Crippen molar-refractivity contribution in [3.63, 3.8) is 0 Å². The van der Waals surface area contributed by atoms with Gasteiger partial charge in [-0.2, -0.15) is 0 Å². The average Bonchev–Trinajstić information content (AvgIpc) is 2.97. The van der Waals surface area contributed by atoms with E-state index in [0.717, 1.165) is 35.4 Å². The normalized spacial score (nSPS) is 16.1. The number of ether oxygens (including phenoxy) is 1. The van der Waals surface area contributed by atoms with Crippen molar-refractivity contribution in [2.45, 2.75) is 38.0 Å². The lowest BCUT2D eigenvalue weighted by Gasteiger charge is -2.18. The van der Waals surface area contributed by atoms with E-state index in [1.165, 1.54) is 11.3 Å². The minimum Gasteiger partial charge on any atom is -0.462 e. The lowest BCUT2D eigenvalue weighted by Crippen LogP contribution is -2.18. The van der Waals surface area contributed by atoms with Crippen LogP contribution in [-0.4, -0.2) is 26.9 Å². The van der Waals surface area contributed by atoms with Crippen LogP contribution in [0.4, 0.5) is 5.00 Å². The summed E-state index contributed by atoms with van der Waals surface area (Å²) in [6, 6.07) is 2.17. The van der Waals surface area contributed by atoms with E-state index in [4.69, 9.17) is 33.1 Å². The summed E-state index contributed by atoms with van der Waals surface area (Å²) in [7, 11) is -4.16. The van der Waals surface area contributed by atoms with E-state index in [-0.39, 0.29) is 22.2 Å². The lowest BCUT2D eigenvalue weighted by atomic mass is 9.88. The third-order valence-corrected chi connectivity index (χ3v) is 7.65. The predicted octanol–water partition coefficient (Wildman–Crippen LogP) is 4.26. The van der Waals surface area contributed by atoms with Crippen LogP contribution in [0.25, 0.3) is 0 Å². The first-order valence-corrected chi connectivity index (χ1v) is 12.3. The summed E-state index contributed by atoms with van der Waals surface area (Å²) in [5, 5.41) is 7.97. The average molecular weight is 491 g/mol. The maximum Gasteiger partial charge on any atom is 0.341 e. The summed E-state index contributed by atoms with van der Waals surface area (Å²) in [5.41, 5.74) is 1.10. The number of esters is 1. The van der Waals surface area contributed by atoms with Gasteiger partial charge >= 0.3 is 5.97 Å². The van der Waals surface area contributed by atoms with Gasteiger partial charge < -0.3 is 10.1 Å². The van der Waals surface area contributed by atoms with Crippen LogP contribution < -0.4 is 10.5 Å². The number of carbonyl (C=O) groups excluding carboxylic acids is 2. The molecule has 1 amide bonds. The van der Waals surface area contributed by atoms with Gasteiger partial charge in [0.05, 0.1) is 27.8 Å². The number of primary sulfonamides is 1. The van der Waals surface area contributed by atoms with Crippen LogP contribution in [-0.2, 0) is 27.6 Å². The second kappa shape index (κ2) is 8.84. The van der Waals surface area contributed by atoms with Gasteiger partial charge in [-0.15, -0.1) is 11.3 Å². The standard InChI is InChI=1S/C19H20Cl2N2O5S2/c1-3-28-19(25)16-10-5-4-9(2)6-14(10)29-18(16)23-17(24)11-7-15(30(22,26)27)13(21)8-12(11)20/h7-9H,3-6H2,1-2H3,(H,23,24)(H2,22,26,27)/t9-/m1/s1. The van der Waals surface area contributed by atoms with Crippen molar-refractivity contribution >= 4 is 61.4 Å². The van der Waals surface area contributed by atoms with Crippen molar-refractivity contribution in [2.75, 3.05) is 11.9 Å². The highest BCUT2D eigenvalue weighted by atomic mass is 35.5. The quantitative estimate of drug-likeness (QED) is 0.607. The van der Waals surface area contributed by atoms with Crippen LogP contribution in [0.2, 0.25) is 10.0 Å². The Morgan fingerprint density at radius 1 is 1.30 bits per heavy atom. The minimum atomic E-state index is -4.16. The van der Waals surface area contributed by atoms with Crippen LogP contribution in [0.3, 0.4) is 0 Å². The van der Waals surface area contributed by atoms with E-state index in [9.17, 15) is 18.0 Å². The van der Waals surface area contributed by atoms with Crippen LogP contribution in [0, 0.1) is 5.92 Å². The number of fused-ring (bicyclic) bond motifs is 1. The number of thiophene rings is 1. The molecular formula is C19H20Cl2N2O5S2. The van der Waals surface area contributed by atoms with Crippen molar-refractivity contribution in [2.24, 2.45) is 11.1 Å². The van der Waals surface area contributed by atoms with E-state index in [2.05, 4.69) is 12.2 Å². The van der Waals surface area contributed by atoms with Gasteiger partial charge in [0.1, 0.15) is 9.90 Å². The molecule has 0 bridgehead atoms. The molecule has 30 heavy (non-hydrogen) atoms. The first-order chi connectivity index (χ1) is 14.0. The molecule has 1 aliphatic carbocycles. The SMILES string of the molecule is CCOC(=O)c1c(NC(=O)c2cc(S(N)(=O)=O)c(Cl)cc2Cl)sc2c1CC[C@@H](C)C2. The summed E-state index contributed by atoms with van der Waals surface area (Å²) < 4.78 is 28.7. The Balaban J connectivity index is 2.03. The van der Waals surface area contributed by atoms with E-state index in [0.29, 0.717) is 22.9 Å². The fraction of sp³-hybridized carbons (Fsp3) is 0.368. The van der Waals surface area contributed by atoms with Crippen LogP contribution in [0.5, 0.6) is 0 Å². The Morgan fingerprint density at radius 2 is 2.00 bits per heavy atom. The Morgan fingerprint density at radius 3 is 2.63 bits per heavy atom. The maximum absolute atomic E-state index is 12.9. The van der Waals surface area contributed by atoms with Gasteiger partial charge in [0, 0.05) is 4.88 Å². The fourth-order valence-electron chi connectivity index (χ4n) is 3.35. The number of hydrogen-bond donors (Lipinski definition) is 2. The van der Waals surface area contributed by atoms with E-state index in [1.54, 1.807) is 6.92 Å². The number of carbonyl (C=O) groups is 2. The smallest absolute Gasteiger partial charge is 0.341 e. The molecule has 1 aromatic heterocycles. The van der Waals surface area contributed by atoms with Crippen LogP contribution in [0.1, 0.15) is 51.4 Å². The number of anilines is 1. The molecular weight excluding hydrogens is 471 g/mol. The Hall–Kier alpha value is -1.65. The van der Waals surface area contributed by atoms with Gasteiger partial charge in [0.2, 0.25) is 10.0 Å². The van der Waals surface area contributed by atoms with E-state index < -0.39 is 26.8 Å². The Labute approximate surface area is 188 Å². The second-order valence-corrected chi connectivity index (χ2v) is 10.5. The predicted molar refractivity (Wildman–Crippen MR) is 117 cm³/mol. The zero-order valence-electron chi connectivity index (χ0n) is 16.3. The van der Waals surface area contributed by atoms with Crippen molar-refractivity contribution in [3.05, 3.63) is 43.7 Å². The molecule has 1 aliphatic rings. The number of sulfonamides is 1. The van der Waals surface area contributed by atoms with Crippen molar-refractivity contribution in [3.8, 4) is 0 Å². The van der Waals surface area contributed by atoms with E-state index >= 15 is 0 Å². The largest absolute Gasteiger partial charge is 0.462 e. The molecule has 0 aliphatic heterocycles. The number of halogens is 2. The third-order valence-electron chi connectivity index (χ3n) is 4.79.